The molecule has 0 aromatic heterocycles. The summed E-state index contributed by atoms with van der Waals surface area (Å²) in [6.07, 6.45) is -1.91. The van der Waals surface area contributed by atoms with E-state index in [-0.39, 0.29) is 12.8 Å². The second kappa shape index (κ2) is 6.33. The minimum absolute atomic E-state index is 0.0307. The average Bonchev–Trinajstić information content (AvgIpc) is 2.60. The molecule has 0 radical (unpaired) electrons. The van der Waals surface area contributed by atoms with Gasteiger partial charge in [-0.1, -0.05) is 19.9 Å². The Morgan fingerprint density at radius 3 is 1.90 bits per heavy atom. The van der Waals surface area contributed by atoms with Crippen LogP contribution in [0.1, 0.15) is 60.8 Å². The van der Waals surface area contributed by atoms with Gasteiger partial charge in [-0.2, -0.15) is 13.2 Å². The van der Waals surface area contributed by atoms with E-state index >= 15 is 0 Å². The van der Waals surface area contributed by atoms with Gasteiger partial charge >= 0.3 is 13.3 Å². The lowest BCUT2D eigenvalue weighted by Crippen LogP contribution is -2.41. The van der Waals surface area contributed by atoms with E-state index in [0.29, 0.717) is 6.42 Å². The van der Waals surface area contributed by atoms with Crippen LogP contribution in [-0.2, 0) is 9.31 Å². The highest BCUT2D eigenvalue weighted by atomic mass is 19.4. The number of hydrogen-bond donors (Lipinski definition) is 0. The lowest BCUT2D eigenvalue weighted by Gasteiger charge is -2.32. The van der Waals surface area contributed by atoms with Crippen molar-refractivity contribution in [2.45, 2.75) is 78.2 Å². The second-order valence-electron chi connectivity index (χ2n) is 6.38. The van der Waals surface area contributed by atoms with Gasteiger partial charge in [-0.25, -0.2) is 0 Å². The van der Waals surface area contributed by atoms with E-state index in [1.54, 1.807) is 6.08 Å². The third-order valence-electron chi connectivity index (χ3n) is 4.46. The van der Waals surface area contributed by atoms with Crippen LogP contribution in [0.25, 0.3) is 0 Å². The summed E-state index contributed by atoms with van der Waals surface area (Å²) in [6, 6.07) is 0. The van der Waals surface area contributed by atoms with Crippen LogP contribution in [0, 0.1) is 5.92 Å². The summed E-state index contributed by atoms with van der Waals surface area (Å²) in [5, 5.41) is 0. The molecule has 0 spiro atoms. The minimum atomic E-state index is -4.10. The van der Waals surface area contributed by atoms with Crippen LogP contribution in [0.2, 0.25) is 0 Å². The van der Waals surface area contributed by atoms with Crippen molar-refractivity contribution in [3.05, 3.63) is 11.5 Å². The standard InChI is InChI=1S/C13H20BF3O2.C2H6/c1-11(2)12(3,4)19-14(18-11)10-7-5-9(6-8-10)13(15,16)17;1-2/h7,9H,5-6,8H2,1-4H3;1-2H3. The summed E-state index contributed by atoms with van der Waals surface area (Å²) in [7, 11) is -0.501. The average molecular weight is 306 g/mol. The maximum absolute atomic E-state index is 12.6. The first kappa shape index (κ1) is 18.6. The lowest BCUT2D eigenvalue weighted by molar-refractivity contribution is -0.176. The number of allylic oxidation sites excluding steroid dienone is 2. The Morgan fingerprint density at radius 2 is 1.57 bits per heavy atom. The van der Waals surface area contributed by atoms with Gasteiger partial charge < -0.3 is 9.31 Å². The third-order valence-corrected chi connectivity index (χ3v) is 4.46. The monoisotopic (exact) mass is 306 g/mol. The van der Waals surface area contributed by atoms with E-state index in [2.05, 4.69) is 0 Å². The highest BCUT2D eigenvalue weighted by Crippen LogP contribution is 2.42. The molecule has 21 heavy (non-hydrogen) atoms. The Hall–Kier alpha value is -0.485. The van der Waals surface area contributed by atoms with Gasteiger partial charge in [0.05, 0.1) is 17.1 Å². The number of rotatable bonds is 1. The van der Waals surface area contributed by atoms with Crippen LogP contribution in [0.5, 0.6) is 0 Å². The summed E-state index contributed by atoms with van der Waals surface area (Å²) in [5.74, 6) is -1.22. The molecule has 2 nitrogen and oxygen atoms in total. The van der Waals surface area contributed by atoms with Crippen molar-refractivity contribution in [1.29, 1.82) is 0 Å². The predicted molar refractivity (Wildman–Crippen MR) is 78.9 cm³/mol. The molecule has 0 aromatic carbocycles. The normalized spacial score (nSPS) is 27.8. The van der Waals surface area contributed by atoms with Gasteiger partial charge in [0.25, 0.3) is 0 Å². The van der Waals surface area contributed by atoms with Crippen molar-refractivity contribution in [3.8, 4) is 0 Å². The Kier molecular flexibility index (Phi) is 5.59. The summed E-state index contributed by atoms with van der Waals surface area (Å²) in [6.45, 7) is 11.8. The van der Waals surface area contributed by atoms with Crippen LogP contribution in [0.3, 0.4) is 0 Å². The molecule has 1 aliphatic heterocycles. The zero-order valence-electron chi connectivity index (χ0n) is 13.8. The van der Waals surface area contributed by atoms with E-state index in [4.69, 9.17) is 9.31 Å². The molecule has 1 saturated heterocycles. The second-order valence-corrected chi connectivity index (χ2v) is 6.38. The molecule has 1 atom stereocenters. The lowest BCUT2D eigenvalue weighted by atomic mass is 9.70. The molecule has 6 heteroatoms. The molecule has 122 valence electrons. The molecular formula is C15H26BF3O2. The first-order valence-electron chi connectivity index (χ1n) is 7.64. The van der Waals surface area contributed by atoms with E-state index in [9.17, 15) is 13.2 Å². The fraction of sp³-hybridized carbons (Fsp3) is 0.867. The van der Waals surface area contributed by atoms with Crippen LogP contribution < -0.4 is 0 Å². The molecule has 1 fully saturated rings. The molecule has 0 saturated carbocycles. The first-order valence-corrected chi connectivity index (χ1v) is 7.64. The third kappa shape index (κ3) is 4.04. The van der Waals surface area contributed by atoms with Gasteiger partial charge in [0.1, 0.15) is 0 Å². The van der Waals surface area contributed by atoms with E-state index in [1.807, 2.05) is 41.5 Å². The van der Waals surface area contributed by atoms with Gasteiger partial charge in [-0.3, -0.25) is 0 Å². The maximum atomic E-state index is 12.6. The Morgan fingerprint density at radius 1 is 1.10 bits per heavy atom. The molecule has 2 aliphatic rings. The van der Waals surface area contributed by atoms with Gasteiger partial charge in [0, 0.05) is 0 Å². The van der Waals surface area contributed by atoms with Crippen molar-refractivity contribution in [2.24, 2.45) is 5.92 Å². The summed E-state index contributed by atoms with van der Waals surface area (Å²) >= 11 is 0. The zero-order chi connectivity index (χ0) is 16.5. The topological polar surface area (TPSA) is 18.5 Å². The van der Waals surface area contributed by atoms with Crippen LogP contribution in [0.4, 0.5) is 13.2 Å². The zero-order valence-corrected chi connectivity index (χ0v) is 13.8. The Bertz CT molecular complexity index is 373. The summed E-state index contributed by atoms with van der Waals surface area (Å²) < 4.78 is 49.5. The van der Waals surface area contributed by atoms with Crippen molar-refractivity contribution in [1.82, 2.24) is 0 Å². The molecular weight excluding hydrogens is 280 g/mol. The Labute approximate surface area is 126 Å². The molecule has 0 amide bonds. The van der Waals surface area contributed by atoms with Crippen molar-refractivity contribution in [3.63, 3.8) is 0 Å². The van der Waals surface area contributed by atoms with Gasteiger partial charge in [0.15, 0.2) is 0 Å². The SMILES string of the molecule is CC.CC1(C)OB(C2=CCC(C(F)(F)F)CC2)OC1(C)C. The summed E-state index contributed by atoms with van der Waals surface area (Å²) in [5.41, 5.74) is -0.0437. The van der Waals surface area contributed by atoms with Crippen LogP contribution in [-0.4, -0.2) is 24.5 Å². The molecule has 1 aliphatic carbocycles. The summed E-state index contributed by atoms with van der Waals surface area (Å²) in [4.78, 5) is 0. The van der Waals surface area contributed by atoms with Crippen LogP contribution in [0.15, 0.2) is 11.5 Å². The van der Waals surface area contributed by atoms with Crippen LogP contribution >= 0.6 is 0 Å². The number of alkyl halides is 3. The van der Waals surface area contributed by atoms with Crippen molar-refractivity contribution in [2.75, 3.05) is 0 Å². The smallest absolute Gasteiger partial charge is 0.400 e. The minimum Gasteiger partial charge on any atom is -0.400 e. The van der Waals surface area contributed by atoms with E-state index < -0.39 is 30.4 Å². The number of hydrogen-bond acceptors (Lipinski definition) is 2. The van der Waals surface area contributed by atoms with E-state index in [0.717, 1.165) is 5.47 Å². The molecule has 1 heterocycles. The first-order chi connectivity index (χ1) is 9.53. The molecule has 0 aromatic rings. The van der Waals surface area contributed by atoms with Crippen molar-refractivity contribution < 1.29 is 22.5 Å². The number of halogens is 3. The molecule has 1 unspecified atom stereocenters. The maximum Gasteiger partial charge on any atom is 0.490 e. The van der Waals surface area contributed by atoms with Gasteiger partial charge in [0.2, 0.25) is 0 Å². The van der Waals surface area contributed by atoms with Gasteiger partial charge in [-0.05, 0) is 52.4 Å². The fourth-order valence-electron chi connectivity index (χ4n) is 2.36. The molecule has 0 bridgehead atoms. The van der Waals surface area contributed by atoms with E-state index in [1.165, 1.54) is 0 Å². The van der Waals surface area contributed by atoms with Gasteiger partial charge in [-0.15, -0.1) is 0 Å². The molecule has 2 rings (SSSR count). The quantitative estimate of drug-likeness (QED) is 0.639. The Balaban J connectivity index is 0.00000106. The fourth-order valence-corrected chi connectivity index (χ4v) is 2.36. The predicted octanol–water partition coefficient (Wildman–Crippen LogP) is 4.93. The largest absolute Gasteiger partial charge is 0.490 e. The highest BCUT2D eigenvalue weighted by Gasteiger charge is 2.53. The van der Waals surface area contributed by atoms with Crippen molar-refractivity contribution >= 4 is 7.12 Å². The molecule has 0 N–H and O–H groups in total. The highest BCUT2D eigenvalue weighted by molar-refractivity contribution is 6.54.